The molecule has 1 spiro atoms. The molecule has 3 N–H and O–H groups in total. The first-order valence-corrected chi connectivity index (χ1v) is 11.2. The van der Waals surface area contributed by atoms with Gasteiger partial charge in [-0.1, -0.05) is 37.6 Å². The number of ketones is 1. The van der Waals surface area contributed by atoms with Crippen molar-refractivity contribution in [3.8, 4) is 0 Å². The Morgan fingerprint density at radius 1 is 1.33 bits per heavy atom. The average Bonchev–Trinajstić information content (AvgIpc) is 2.92. The van der Waals surface area contributed by atoms with Crippen LogP contribution in [0.4, 0.5) is 0 Å². The summed E-state index contributed by atoms with van der Waals surface area (Å²) in [7, 11) is 1.49. The van der Waals surface area contributed by atoms with Crippen molar-refractivity contribution >= 4 is 11.7 Å². The fourth-order valence-corrected chi connectivity index (χ4v) is 5.94. The molecule has 3 rings (SSSR count). The lowest BCUT2D eigenvalue weighted by Gasteiger charge is -2.45. The second-order valence-corrected chi connectivity index (χ2v) is 10.0. The SMILES string of the molecule is COC1CC(=O)C23C(=O)NC(CC(C)C)C2C(C)=CC(O)C3/C=C/CCCC1(C)O. The molecule has 6 heteroatoms. The van der Waals surface area contributed by atoms with Crippen LogP contribution in [0.1, 0.15) is 59.8 Å². The van der Waals surface area contributed by atoms with E-state index in [0.717, 1.165) is 18.4 Å². The van der Waals surface area contributed by atoms with Gasteiger partial charge in [0.25, 0.3) is 0 Å². The number of hydrogen-bond acceptors (Lipinski definition) is 5. The maximum Gasteiger partial charge on any atom is 0.235 e. The third kappa shape index (κ3) is 3.78. The maximum absolute atomic E-state index is 13.9. The molecule has 7 unspecified atom stereocenters. The van der Waals surface area contributed by atoms with Crippen LogP contribution >= 0.6 is 0 Å². The molecule has 1 fully saturated rings. The van der Waals surface area contributed by atoms with Crippen molar-refractivity contribution in [1.82, 2.24) is 5.32 Å². The lowest BCUT2D eigenvalue weighted by molar-refractivity contribution is -0.153. The molecule has 0 aromatic heterocycles. The summed E-state index contributed by atoms with van der Waals surface area (Å²) in [6, 6.07) is -0.160. The molecular weight excluding hydrogens is 382 g/mol. The molecule has 7 atom stereocenters. The van der Waals surface area contributed by atoms with Crippen molar-refractivity contribution in [3.63, 3.8) is 0 Å². The lowest BCUT2D eigenvalue weighted by Crippen LogP contribution is -2.56. The number of carbonyl (C=O) groups is 2. The van der Waals surface area contributed by atoms with Gasteiger partial charge in [-0.05, 0) is 45.4 Å². The number of rotatable bonds is 3. The highest BCUT2D eigenvalue weighted by Crippen LogP contribution is 2.54. The summed E-state index contributed by atoms with van der Waals surface area (Å²) in [5.41, 5.74) is -1.68. The van der Waals surface area contributed by atoms with Crippen molar-refractivity contribution < 1.29 is 24.5 Å². The monoisotopic (exact) mass is 419 g/mol. The Bertz CT molecular complexity index is 740. The Morgan fingerprint density at radius 3 is 2.67 bits per heavy atom. The van der Waals surface area contributed by atoms with E-state index in [9.17, 15) is 19.8 Å². The summed E-state index contributed by atoms with van der Waals surface area (Å²) >= 11 is 0. The Kier molecular flexibility index (Phi) is 6.61. The van der Waals surface area contributed by atoms with Gasteiger partial charge in [-0.2, -0.15) is 0 Å². The lowest BCUT2D eigenvalue weighted by atomic mass is 9.55. The zero-order valence-electron chi connectivity index (χ0n) is 18.9. The minimum absolute atomic E-state index is 0.0633. The normalized spacial score (nSPS) is 43.3. The van der Waals surface area contributed by atoms with E-state index < -0.39 is 29.1 Å². The molecule has 0 bridgehead atoms. The molecule has 0 saturated carbocycles. The topological polar surface area (TPSA) is 95.9 Å². The van der Waals surface area contributed by atoms with Crippen LogP contribution in [0, 0.1) is 23.2 Å². The first kappa shape index (κ1) is 23.2. The van der Waals surface area contributed by atoms with Crippen LogP contribution < -0.4 is 5.32 Å². The third-order valence-electron chi connectivity index (χ3n) is 7.34. The van der Waals surface area contributed by atoms with E-state index in [1.54, 1.807) is 6.92 Å². The van der Waals surface area contributed by atoms with Gasteiger partial charge in [0.05, 0.1) is 17.8 Å². The Morgan fingerprint density at radius 2 is 2.03 bits per heavy atom. The number of aliphatic hydroxyl groups excluding tert-OH is 1. The number of carbonyl (C=O) groups excluding carboxylic acids is 2. The smallest absolute Gasteiger partial charge is 0.235 e. The van der Waals surface area contributed by atoms with Gasteiger partial charge in [-0.3, -0.25) is 9.59 Å². The second-order valence-electron chi connectivity index (χ2n) is 10.0. The van der Waals surface area contributed by atoms with E-state index in [1.165, 1.54) is 7.11 Å². The molecule has 1 saturated heterocycles. The zero-order chi connectivity index (χ0) is 22.3. The van der Waals surface area contributed by atoms with Crippen molar-refractivity contribution in [1.29, 1.82) is 0 Å². The molecule has 6 nitrogen and oxygen atoms in total. The van der Waals surface area contributed by atoms with Crippen LogP contribution in [-0.4, -0.2) is 52.9 Å². The Balaban J connectivity index is 2.16. The average molecular weight is 420 g/mol. The minimum Gasteiger partial charge on any atom is -0.388 e. The van der Waals surface area contributed by atoms with Gasteiger partial charge in [-0.25, -0.2) is 0 Å². The molecule has 1 aliphatic heterocycles. The fourth-order valence-electron chi connectivity index (χ4n) is 5.94. The van der Waals surface area contributed by atoms with Gasteiger partial charge in [0.2, 0.25) is 5.91 Å². The van der Waals surface area contributed by atoms with Crippen LogP contribution in [0.5, 0.6) is 0 Å². The van der Waals surface area contributed by atoms with Crippen LogP contribution in [0.3, 0.4) is 0 Å². The fraction of sp³-hybridized carbons (Fsp3) is 0.750. The van der Waals surface area contributed by atoms with Crippen LogP contribution in [0.15, 0.2) is 23.8 Å². The van der Waals surface area contributed by atoms with Crippen LogP contribution in [-0.2, 0) is 14.3 Å². The highest BCUT2D eigenvalue weighted by molar-refractivity contribution is 6.09. The first-order chi connectivity index (χ1) is 14.1. The molecule has 168 valence electrons. The Labute approximate surface area is 179 Å². The second kappa shape index (κ2) is 8.56. The summed E-state index contributed by atoms with van der Waals surface area (Å²) in [5.74, 6) is -1.16. The van der Waals surface area contributed by atoms with E-state index in [1.807, 2.05) is 25.2 Å². The van der Waals surface area contributed by atoms with E-state index in [4.69, 9.17) is 4.74 Å². The summed E-state index contributed by atoms with van der Waals surface area (Å²) in [6.45, 7) is 7.80. The zero-order valence-corrected chi connectivity index (χ0v) is 18.9. The number of methoxy groups -OCH3 is 1. The van der Waals surface area contributed by atoms with Crippen molar-refractivity contribution in [3.05, 3.63) is 23.8 Å². The number of hydrogen-bond donors (Lipinski definition) is 3. The number of amides is 1. The summed E-state index contributed by atoms with van der Waals surface area (Å²) in [4.78, 5) is 27.5. The summed E-state index contributed by atoms with van der Waals surface area (Å²) < 4.78 is 5.55. The standard InChI is InChI=1S/C24H37NO5/c1-14(2)11-17-21-15(3)12-18(26)16-9-7-6-8-10-23(4,29)20(30-5)13-19(27)24(16,21)22(28)25-17/h7,9,12,14,16-18,20-21,26,29H,6,8,10-11,13H2,1-5H3,(H,25,28)/b9-7+. The molecule has 0 aromatic rings. The molecule has 1 amide bonds. The van der Waals surface area contributed by atoms with Gasteiger partial charge < -0.3 is 20.3 Å². The predicted octanol–water partition coefficient (Wildman–Crippen LogP) is 2.54. The van der Waals surface area contributed by atoms with Crippen LogP contribution in [0.25, 0.3) is 0 Å². The Hall–Kier alpha value is -1.50. The van der Waals surface area contributed by atoms with E-state index in [-0.39, 0.29) is 30.1 Å². The number of ether oxygens (including phenoxy) is 1. The van der Waals surface area contributed by atoms with Crippen molar-refractivity contribution in [2.45, 2.75) is 83.6 Å². The number of allylic oxidation sites excluding steroid dienone is 1. The molecule has 3 aliphatic rings. The van der Waals surface area contributed by atoms with Gasteiger partial charge >= 0.3 is 0 Å². The first-order valence-electron chi connectivity index (χ1n) is 11.2. The van der Waals surface area contributed by atoms with Gasteiger partial charge in [0.15, 0.2) is 5.78 Å². The third-order valence-corrected chi connectivity index (χ3v) is 7.34. The van der Waals surface area contributed by atoms with E-state index in [2.05, 4.69) is 19.2 Å². The molecule has 30 heavy (non-hydrogen) atoms. The summed E-state index contributed by atoms with van der Waals surface area (Å²) in [6.07, 6.45) is 6.61. The highest BCUT2D eigenvalue weighted by Gasteiger charge is 2.66. The minimum atomic E-state index is -1.38. The molecule has 2 aliphatic carbocycles. The van der Waals surface area contributed by atoms with Gasteiger partial charge in [0.1, 0.15) is 5.41 Å². The van der Waals surface area contributed by atoms with Gasteiger partial charge in [0, 0.05) is 31.4 Å². The quantitative estimate of drug-likeness (QED) is 0.483. The summed E-state index contributed by atoms with van der Waals surface area (Å²) in [5, 5.41) is 25.0. The number of nitrogens with one attached hydrogen (secondary N) is 1. The van der Waals surface area contributed by atoms with Crippen LogP contribution in [0.2, 0.25) is 0 Å². The maximum atomic E-state index is 13.9. The van der Waals surface area contributed by atoms with Crippen molar-refractivity contribution in [2.75, 3.05) is 7.11 Å². The predicted molar refractivity (Wildman–Crippen MR) is 115 cm³/mol. The number of aliphatic hydroxyl groups is 2. The molecule has 1 heterocycles. The molecular formula is C24H37NO5. The number of Topliss-reactive ketones (excluding diaryl/α,β-unsaturated/α-hetero) is 1. The molecule has 0 radical (unpaired) electrons. The van der Waals surface area contributed by atoms with Crippen molar-refractivity contribution in [2.24, 2.45) is 23.2 Å². The van der Waals surface area contributed by atoms with E-state index in [0.29, 0.717) is 18.8 Å². The largest absolute Gasteiger partial charge is 0.388 e. The highest BCUT2D eigenvalue weighted by atomic mass is 16.5. The van der Waals surface area contributed by atoms with Gasteiger partial charge in [-0.15, -0.1) is 0 Å². The van der Waals surface area contributed by atoms with E-state index >= 15 is 0 Å². The molecule has 0 aromatic carbocycles.